The lowest BCUT2D eigenvalue weighted by atomic mass is 9.93. The first-order valence-corrected chi connectivity index (χ1v) is 9.26. The fourth-order valence-electron chi connectivity index (χ4n) is 3.30. The van der Waals surface area contributed by atoms with E-state index in [-0.39, 0.29) is 12.4 Å². The minimum atomic E-state index is -0.604. The van der Waals surface area contributed by atoms with E-state index in [0.29, 0.717) is 23.1 Å². The molecule has 0 radical (unpaired) electrons. The molecule has 0 aliphatic carbocycles. The minimum Gasteiger partial charge on any atom is -0.454 e. The number of benzene rings is 3. The molecule has 0 bridgehead atoms. The SMILES string of the molecule is O=C(COC(=O)c1ccc2c(c1)CC(c1ccccc1)OC2=O)c1ccccc1. The zero-order valence-corrected chi connectivity index (χ0v) is 15.5. The number of ether oxygens (including phenoxy) is 2. The molecule has 0 aromatic heterocycles. The van der Waals surface area contributed by atoms with Crippen molar-refractivity contribution in [3.05, 3.63) is 107 Å². The molecule has 0 N–H and O–H groups in total. The summed E-state index contributed by atoms with van der Waals surface area (Å²) in [6.45, 7) is -0.339. The highest BCUT2D eigenvalue weighted by Gasteiger charge is 2.28. The number of cyclic esters (lactones) is 1. The number of hydrogen-bond donors (Lipinski definition) is 0. The lowest BCUT2D eigenvalue weighted by Crippen LogP contribution is -2.22. The van der Waals surface area contributed by atoms with Crippen LogP contribution in [0, 0.1) is 0 Å². The molecule has 144 valence electrons. The van der Waals surface area contributed by atoms with Gasteiger partial charge in [-0.15, -0.1) is 0 Å². The van der Waals surface area contributed by atoms with Crippen LogP contribution in [0.15, 0.2) is 78.9 Å². The summed E-state index contributed by atoms with van der Waals surface area (Å²) in [4.78, 5) is 36.9. The van der Waals surface area contributed by atoms with Crippen LogP contribution in [0.1, 0.15) is 48.3 Å². The molecule has 3 aromatic rings. The summed E-state index contributed by atoms with van der Waals surface area (Å²) in [5.74, 6) is -1.30. The van der Waals surface area contributed by atoms with Gasteiger partial charge in [0.15, 0.2) is 12.4 Å². The van der Waals surface area contributed by atoms with Gasteiger partial charge in [-0.1, -0.05) is 60.7 Å². The Balaban J connectivity index is 1.48. The number of Topliss-reactive ketones (excluding diaryl/α,β-unsaturated/α-hetero) is 1. The smallest absolute Gasteiger partial charge is 0.339 e. The van der Waals surface area contributed by atoms with Crippen LogP contribution in [0.5, 0.6) is 0 Å². The molecular weight excluding hydrogens is 368 g/mol. The third kappa shape index (κ3) is 4.09. The van der Waals surface area contributed by atoms with Crippen LogP contribution in [0.3, 0.4) is 0 Å². The standard InChI is InChI=1S/C24H18O5/c25-21(16-7-3-1-4-8-16)15-28-23(26)18-11-12-20-19(13-18)14-22(29-24(20)27)17-9-5-2-6-10-17/h1-13,22H,14-15H2. The molecule has 1 heterocycles. The van der Waals surface area contributed by atoms with Gasteiger partial charge in [-0.05, 0) is 29.3 Å². The van der Waals surface area contributed by atoms with Gasteiger partial charge in [-0.2, -0.15) is 0 Å². The number of ketones is 1. The van der Waals surface area contributed by atoms with Crippen molar-refractivity contribution in [3.63, 3.8) is 0 Å². The Morgan fingerprint density at radius 2 is 1.59 bits per heavy atom. The third-order valence-electron chi connectivity index (χ3n) is 4.82. The van der Waals surface area contributed by atoms with Gasteiger partial charge in [0, 0.05) is 12.0 Å². The summed E-state index contributed by atoms with van der Waals surface area (Å²) in [6, 6.07) is 22.8. The van der Waals surface area contributed by atoms with Gasteiger partial charge in [0.05, 0.1) is 11.1 Å². The van der Waals surface area contributed by atoms with Gasteiger partial charge in [-0.3, -0.25) is 4.79 Å². The third-order valence-corrected chi connectivity index (χ3v) is 4.82. The lowest BCUT2D eigenvalue weighted by molar-refractivity contribution is 0.0251. The van der Waals surface area contributed by atoms with E-state index in [1.807, 2.05) is 36.4 Å². The molecule has 1 unspecified atom stereocenters. The molecule has 0 amide bonds. The second-order valence-corrected chi connectivity index (χ2v) is 6.75. The highest BCUT2D eigenvalue weighted by atomic mass is 16.5. The van der Waals surface area contributed by atoms with E-state index in [9.17, 15) is 14.4 Å². The maximum Gasteiger partial charge on any atom is 0.339 e. The van der Waals surface area contributed by atoms with E-state index in [4.69, 9.17) is 9.47 Å². The second kappa shape index (κ2) is 8.10. The molecule has 5 heteroatoms. The molecule has 5 nitrogen and oxygen atoms in total. The zero-order valence-electron chi connectivity index (χ0n) is 15.5. The van der Waals surface area contributed by atoms with Gasteiger partial charge < -0.3 is 9.47 Å². The van der Waals surface area contributed by atoms with E-state index in [1.165, 1.54) is 6.07 Å². The number of hydrogen-bond acceptors (Lipinski definition) is 5. The molecule has 0 saturated heterocycles. The normalized spacial score (nSPS) is 15.2. The lowest BCUT2D eigenvalue weighted by Gasteiger charge is -2.25. The Hall–Kier alpha value is -3.73. The van der Waals surface area contributed by atoms with Crippen molar-refractivity contribution < 1.29 is 23.9 Å². The number of fused-ring (bicyclic) bond motifs is 1. The molecular formula is C24H18O5. The topological polar surface area (TPSA) is 69.7 Å². The fourth-order valence-corrected chi connectivity index (χ4v) is 3.30. The van der Waals surface area contributed by atoms with Crippen molar-refractivity contribution in [3.8, 4) is 0 Å². The highest BCUT2D eigenvalue weighted by Crippen LogP contribution is 2.31. The first-order chi connectivity index (χ1) is 14.1. The van der Waals surface area contributed by atoms with Gasteiger partial charge in [0.1, 0.15) is 6.10 Å². The molecule has 0 fully saturated rings. The predicted octanol–water partition coefficient (Wildman–Crippen LogP) is 4.18. The minimum absolute atomic E-state index is 0.273. The van der Waals surface area contributed by atoms with Crippen molar-refractivity contribution in [2.75, 3.05) is 6.61 Å². The maximum absolute atomic E-state index is 12.4. The number of rotatable bonds is 5. The van der Waals surface area contributed by atoms with Crippen LogP contribution < -0.4 is 0 Å². The summed E-state index contributed by atoms with van der Waals surface area (Å²) in [6.07, 6.45) is 0.0666. The monoisotopic (exact) mass is 386 g/mol. The molecule has 0 spiro atoms. The Kier molecular flexibility index (Phi) is 5.20. The molecule has 1 atom stereocenters. The number of carbonyl (C=O) groups excluding carboxylic acids is 3. The molecule has 0 saturated carbocycles. The van der Waals surface area contributed by atoms with Gasteiger partial charge in [-0.25, -0.2) is 9.59 Å². The van der Waals surface area contributed by atoms with Gasteiger partial charge in [0.25, 0.3) is 0 Å². The summed E-state index contributed by atoms with van der Waals surface area (Å²) in [7, 11) is 0. The van der Waals surface area contributed by atoms with E-state index in [1.54, 1.807) is 36.4 Å². The van der Waals surface area contributed by atoms with E-state index >= 15 is 0 Å². The van der Waals surface area contributed by atoms with Crippen molar-refractivity contribution in [1.82, 2.24) is 0 Å². The molecule has 4 rings (SSSR count). The van der Waals surface area contributed by atoms with Crippen LogP contribution in [0.2, 0.25) is 0 Å². The van der Waals surface area contributed by atoms with E-state index < -0.39 is 18.0 Å². The quantitative estimate of drug-likeness (QED) is 0.486. The Morgan fingerprint density at radius 1 is 0.897 bits per heavy atom. The van der Waals surface area contributed by atoms with Crippen molar-refractivity contribution in [2.24, 2.45) is 0 Å². The van der Waals surface area contributed by atoms with Crippen molar-refractivity contribution in [1.29, 1.82) is 0 Å². The molecule has 1 aliphatic heterocycles. The van der Waals surface area contributed by atoms with Crippen LogP contribution in [0.25, 0.3) is 0 Å². The summed E-state index contributed by atoms with van der Waals surface area (Å²) < 4.78 is 10.7. The van der Waals surface area contributed by atoms with Crippen LogP contribution in [0.4, 0.5) is 0 Å². The Bertz CT molecular complexity index is 1060. The van der Waals surface area contributed by atoms with Gasteiger partial charge in [0.2, 0.25) is 0 Å². The summed E-state index contributed by atoms with van der Waals surface area (Å²) in [5, 5.41) is 0. The summed E-state index contributed by atoms with van der Waals surface area (Å²) >= 11 is 0. The molecule has 1 aliphatic rings. The fraction of sp³-hybridized carbons (Fsp3) is 0.125. The molecule has 3 aromatic carbocycles. The van der Waals surface area contributed by atoms with Crippen LogP contribution in [-0.2, 0) is 15.9 Å². The Morgan fingerprint density at radius 3 is 2.31 bits per heavy atom. The predicted molar refractivity (Wildman–Crippen MR) is 106 cm³/mol. The largest absolute Gasteiger partial charge is 0.454 e. The summed E-state index contributed by atoms with van der Waals surface area (Å²) in [5.41, 5.74) is 2.84. The first kappa shape index (κ1) is 18.6. The number of carbonyl (C=O) groups is 3. The Labute approximate surface area is 167 Å². The van der Waals surface area contributed by atoms with Crippen molar-refractivity contribution >= 4 is 17.7 Å². The maximum atomic E-state index is 12.4. The average Bonchev–Trinajstić information content (AvgIpc) is 2.78. The van der Waals surface area contributed by atoms with E-state index in [2.05, 4.69) is 0 Å². The number of esters is 2. The van der Waals surface area contributed by atoms with Crippen LogP contribution >= 0.6 is 0 Å². The second-order valence-electron chi connectivity index (χ2n) is 6.75. The molecule has 29 heavy (non-hydrogen) atoms. The average molecular weight is 386 g/mol. The van der Waals surface area contributed by atoms with Crippen LogP contribution in [-0.4, -0.2) is 24.3 Å². The van der Waals surface area contributed by atoms with E-state index in [0.717, 1.165) is 11.1 Å². The first-order valence-electron chi connectivity index (χ1n) is 9.26. The highest BCUT2D eigenvalue weighted by molar-refractivity contribution is 6.00. The zero-order chi connectivity index (χ0) is 20.2. The van der Waals surface area contributed by atoms with Crippen molar-refractivity contribution in [2.45, 2.75) is 12.5 Å². The van der Waals surface area contributed by atoms with Gasteiger partial charge >= 0.3 is 11.9 Å².